The molecule has 0 bridgehead atoms. The van der Waals surface area contributed by atoms with Crippen LogP contribution in [0.4, 0.5) is 0 Å². The fourth-order valence-corrected chi connectivity index (χ4v) is 1.70. The minimum absolute atomic E-state index is 0.0541. The molecule has 1 aromatic rings. The zero-order valence-electron chi connectivity index (χ0n) is 8.80. The molecule has 14 heavy (non-hydrogen) atoms. The van der Waals surface area contributed by atoms with E-state index in [4.69, 9.17) is 22.1 Å². The molecule has 0 radical (unpaired) electrons. The van der Waals surface area contributed by atoms with Crippen LogP contribution in [0.25, 0.3) is 0 Å². The van der Waals surface area contributed by atoms with Crippen molar-refractivity contribution in [2.45, 2.75) is 26.3 Å². The van der Waals surface area contributed by atoms with E-state index in [0.717, 1.165) is 17.5 Å². The Morgan fingerprint density at radius 1 is 1.50 bits per heavy atom. The van der Waals surface area contributed by atoms with E-state index in [1.54, 1.807) is 7.11 Å². The van der Waals surface area contributed by atoms with Gasteiger partial charge < -0.3 is 10.5 Å². The number of ether oxygens (including phenoxy) is 1. The van der Waals surface area contributed by atoms with Crippen LogP contribution in [0.1, 0.15) is 30.5 Å². The van der Waals surface area contributed by atoms with Crippen molar-refractivity contribution in [2.24, 2.45) is 5.73 Å². The Hall–Kier alpha value is -0.730. The van der Waals surface area contributed by atoms with Gasteiger partial charge >= 0.3 is 0 Å². The van der Waals surface area contributed by atoms with E-state index in [1.165, 1.54) is 0 Å². The highest BCUT2D eigenvalue weighted by Crippen LogP contribution is 2.30. The summed E-state index contributed by atoms with van der Waals surface area (Å²) < 4.78 is 5.12. The number of methoxy groups -OCH3 is 1. The quantitative estimate of drug-likeness (QED) is 0.838. The topological polar surface area (TPSA) is 35.2 Å². The second-order valence-corrected chi connectivity index (χ2v) is 3.77. The van der Waals surface area contributed by atoms with Crippen LogP contribution >= 0.6 is 11.6 Å². The molecule has 3 heteroatoms. The molecule has 0 heterocycles. The Morgan fingerprint density at radius 3 is 2.64 bits per heavy atom. The summed E-state index contributed by atoms with van der Waals surface area (Å²) in [5, 5.41) is 0.622. The van der Waals surface area contributed by atoms with Gasteiger partial charge in [-0.1, -0.05) is 18.5 Å². The Balaban J connectivity index is 3.14. The zero-order chi connectivity index (χ0) is 10.7. The van der Waals surface area contributed by atoms with Gasteiger partial charge in [-0.25, -0.2) is 0 Å². The SMILES string of the molecule is CCC(N)c1cc(Cl)c(OC)cc1C. The van der Waals surface area contributed by atoms with Crippen LogP contribution in [0.2, 0.25) is 5.02 Å². The average molecular weight is 214 g/mol. The first-order chi connectivity index (χ1) is 6.60. The van der Waals surface area contributed by atoms with Crippen molar-refractivity contribution in [1.82, 2.24) is 0 Å². The van der Waals surface area contributed by atoms with Gasteiger partial charge in [0, 0.05) is 6.04 Å². The van der Waals surface area contributed by atoms with Crippen molar-refractivity contribution < 1.29 is 4.74 Å². The van der Waals surface area contributed by atoms with E-state index >= 15 is 0 Å². The Labute approximate surface area is 90.0 Å². The first-order valence-electron chi connectivity index (χ1n) is 4.69. The van der Waals surface area contributed by atoms with Gasteiger partial charge in [-0.2, -0.15) is 0 Å². The maximum absolute atomic E-state index is 6.02. The van der Waals surface area contributed by atoms with Crippen LogP contribution < -0.4 is 10.5 Å². The van der Waals surface area contributed by atoms with Crippen molar-refractivity contribution in [3.8, 4) is 5.75 Å². The molecule has 1 aromatic carbocycles. The molecule has 0 aliphatic carbocycles. The molecule has 0 amide bonds. The lowest BCUT2D eigenvalue weighted by atomic mass is 10.00. The highest BCUT2D eigenvalue weighted by Gasteiger charge is 2.10. The maximum Gasteiger partial charge on any atom is 0.137 e. The van der Waals surface area contributed by atoms with Crippen LogP contribution in [0, 0.1) is 6.92 Å². The van der Waals surface area contributed by atoms with Gasteiger partial charge in [-0.15, -0.1) is 0 Å². The summed E-state index contributed by atoms with van der Waals surface area (Å²) in [7, 11) is 1.61. The van der Waals surface area contributed by atoms with Gasteiger partial charge in [0.2, 0.25) is 0 Å². The summed E-state index contributed by atoms with van der Waals surface area (Å²) in [6.07, 6.45) is 0.906. The number of hydrogen-bond acceptors (Lipinski definition) is 2. The monoisotopic (exact) mass is 213 g/mol. The number of nitrogens with two attached hydrogens (primary N) is 1. The molecule has 0 saturated carbocycles. The normalized spacial score (nSPS) is 12.6. The standard InChI is InChI=1S/C11H16ClNO/c1-4-10(13)8-6-9(12)11(14-3)5-7(8)2/h5-6,10H,4,13H2,1-3H3. The van der Waals surface area contributed by atoms with Crippen LogP contribution in [0.15, 0.2) is 12.1 Å². The molecule has 2 N–H and O–H groups in total. The van der Waals surface area contributed by atoms with Crippen molar-refractivity contribution in [3.05, 3.63) is 28.3 Å². The van der Waals surface area contributed by atoms with Crippen LogP contribution in [0.3, 0.4) is 0 Å². The number of aryl methyl sites for hydroxylation is 1. The number of benzene rings is 1. The van der Waals surface area contributed by atoms with Crippen molar-refractivity contribution in [2.75, 3.05) is 7.11 Å². The third-order valence-corrected chi connectivity index (χ3v) is 2.68. The van der Waals surface area contributed by atoms with Gasteiger partial charge in [-0.3, -0.25) is 0 Å². The summed E-state index contributed by atoms with van der Waals surface area (Å²) in [6, 6.07) is 3.87. The fourth-order valence-electron chi connectivity index (χ4n) is 1.45. The molecule has 0 spiro atoms. The summed E-state index contributed by atoms with van der Waals surface area (Å²) >= 11 is 6.02. The molecule has 0 saturated heterocycles. The second-order valence-electron chi connectivity index (χ2n) is 3.36. The predicted molar refractivity (Wildman–Crippen MR) is 60.0 cm³/mol. The molecule has 0 aliphatic heterocycles. The highest BCUT2D eigenvalue weighted by atomic mass is 35.5. The van der Waals surface area contributed by atoms with E-state index in [2.05, 4.69) is 6.92 Å². The average Bonchev–Trinajstić information content (AvgIpc) is 2.19. The van der Waals surface area contributed by atoms with Gasteiger partial charge in [0.05, 0.1) is 12.1 Å². The first-order valence-corrected chi connectivity index (χ1v) is 5.07. The van der Waals surface area contributed by atoms with E-state index in [-0.39, 0.29) is 6.04 Å². The lowest BCUT2D eigenvalue weighted by Gasteiger charge is -2.14. The lowest BCUT2D eigenvalue weighted by Crippen LogP contribution is -2.10. The number of hydrogen-bond donors (Lipinski definition) is 1. The Bertz CT molecular complexity index is 325. The predicted octanol–water partition coefficient (Wildman–Crippen LogP) is 3.07. The zero-order valence-corrected chi connectivity index (χ0v) is 9.56. The van der Waals surface area contributed by atoms with E-state index in [1.807, 2.05) is 19.1 Å². The number of halogens is 1. The van der Waals surface area contributed by atoms with Gasteiger partial charge in [-0.05, 0) is 36.6 Å². The van der Waals surface area contributed by atoms with Crippen LogP contribution in [-0.4, -0.2) is 7.11 Å². The van der Waals surface area contributed by atoms with E-state index in [0.29, 0.717) is 10.8 Å². The van der Waals surface area contributed by atoms with Gasteiger partial charge in [0.1, 0.15) is 5.75 Å². The van der Waals surface area contributed by atoms with E-state index < -0.39 is 0 Å². The largest absolute Gasteiger partial charge is 0.495 e. The van der Waals surface area contributed by atoms with Gasteiger partial charge in [0.25, 0.3) is 0 Å². The molecule has 78 valence electrons. The van der Waals surface area contributed by atoms with Gasteiger partial charge in [0.15, 0.2) is 0 Å². The molecule has 1 rings (SSSR count). The Kier molecular flexibility index (Phi) is 3.78. The fraction of sp³-hybridized carbons (Fsp3) is 0.455. The van der Waals surface area contributed by atoms with Crippen molar-refractivity contribution >= 4 is 11.6 Å². The van der Waals surface area contributed by atoms with Crippen molar-refractivity contribution in [3.63, 3.8) is 0 Å². The third-order valence-electron chi connectivity index (χ3n) is 2.38. The molecule has 2 nitrogen and oxygen atoms in total. The summed E-state index contributed by atoms with van der Waals surface area (Å²) in [4.78, 5) is 0. The maximum atomic E-state index is 6.02. The smallest absolute Gasteiger partial charge is 0.137 e. The Morgan fingerprint density at radius 2 is 2.14 bits per heavy atom. The third kappa shape index (κ3) is 2.20. The molecule has 1 unspecified atom stereocenters. The highest BCUT2D eigenvalue weighted by molar-refractivity contribution is 6.32. The first kappa shape index (κ1) is 11.3. The van der Waals surface area contributed by atoms with E-state index in [9.17, 15) is 0 Å². The molecular weight excluding hydrogens is 198 g/mol. The minimum Gasteiger partial charge on any atom is -0.495 e. The summed E-state index contributed by atoms with van der Waals surface area (Å²) in [5.74, 6) is 0.705. The van der Waals surface area contributed by atoms with Crippen molar-refractivity contribution in [1.29, 1.82) is 0 Å². The second kappa shape index (κ2) is 4.67. The van der Waals surface area contributed by atoms with Crippen LogP contribution in [-0.2, 0) is 0 Å². The molecular formula is C11H16ClNO. The molecule has 0 fully saturated rings. The molecule has 0 aromatic heterocycles. The molecule has 0 aliphatic rings. The summed E-state index contributed by atoms with van der Waals surface area (Å²) in [5.41, 5.74) is 8.18. The molecule has 1 atom stereocenters. The lowest BCUT2D eigenvalue weighted by molar-refractivity contribution is 0.414. The number of rotatable bonds is 3. The van der Waals surface area contributed by atoms with Crippen LogP contribution in [0.5, 0.6) is 5.75 Å². The minimum atomic E-state index is 0.0541. The summed E-state index contributed by atoms with van der Waals surface area (Å²) in [6.45, 7) is 4.08.